The smallest absolute Gasteiger partial charge is 0.338 e. The van der Waals surface area contributed by atoms with Crippen LogP contribution in [0.25, 0.3) is 10.2 Å². The van der Waals surface area contributed by atoms with Crippen LogP contribution < -0.4 is 10.1 Å². The number of carbonyl (C=O) groups excluding carboxylic acids is 2. The number of amides is 1. The van der Waals surface area contributed by atoms with Gasteiger partial charge in [-0.1, -0.05) is 47.9 Å². The summed E-state index contributed by atoms with van der Waals surface area (Å²) in [5, 5.41) is 3.65. The molecule has 0 aliphatic carbocycles. The molecule has 1 amide bonds. The van der Waals surface area contributed by atoms with E-state index in [9.17, 15) is 9.59 Å². The molecule has 0 atom stereocenters. The van der Waals surface area contributed by atoms with Gasteiger partial charge in [0.1, 0.15) is 5.75 Å². The minimum absolute atomic E-state index is 0.199. The number of fused-ring (bicyclic) bond motifs is 1. The average Bonchev–Trinajstić information content (AvgIpc) is 3.08. The van der Waals surface area contributed by atoms with E-state index < -0.39 is 5.91 Å². The summed E-state index contributed by atoms with van der Waals surface area (Å²) in [5.74, 6) is -0.603. The predicted octanol–water partition coefficient (Wildman–Crippen LogP) is 5.82. The second-order valence-electron chi connectivity index (χ2n) is 6.11. The molecule has 1 aromatic heterocycles. The summed E-state index contributed by atoms with van der Waals surface area (Å²) in [6, 6.07) is 8.04. The maximum absolute atomic E-state index is 12.7. The Kier molecular flexibility index (Phi) is 6.95. The number of hydrogen-bond donors (Lipinski definition) is 1. The topological polar surface area (TPSA) is 77.5 Å². The molecule has 0 spiro atoms. The highest BCUT2D eigenvalue weighted by Gasteiger charge is 2.19. The minimum atomic E-state index is -0.454. The van der Waals surface area contributed by atoms with Gasteiger partial charge in [0.05, 0.1) is 40.1 Å². The Labute approximate surface area is 181 Å². The summed E-state index contributed by atoms with van der Waals surface area (Å²) in [5.41, 5.74) is 1.30. The largest absolute Gasteiger partial charge is 0.494 e. The molecule has 29 heavy (non-hydrogen) atoms. The summed E-state index contributed by atoms with van der Waals surface area (Å²) in [6.45, 7) is 2.42. The zero-order chi connectivity index (χ0) is 21.0. The van der Waals surface area contributed by atoms with Crippen molar-refractivity contribution in [2.24, 2.45) is 0 Å². The van der Waals surface area contributed by atoms with Crippen LogP contribution in [0.2, 0.25) is 10.0 Å². The summed E-state index contributed by atoms with van der Waals surface area (Å²) < 4.78 is 11.2. The Morgan fingerprint density at radius 3 is 2.72 bits per heavy atom. The van der Waals surface area contributed by atoms with Crippen molar-refractivity contribution in [1.82, 2.24) is 4.98 Å². The van der Waals surface area contributed by atoms with Crippen LogP contribution in [0.3, 0.4) is 0 Å². The van der Waals surface area contributed by atoms with Gasteiger partial charge in [0.2, 0.25) is 0 Å². The van der Waals surface area contributed by atoms with Crippen molar-refractivity contribution < 1.29 is 19.1 Å². The third kappa shape index (κ3) is 4.98. The molecule has 2 aromatic carbocycles. The standard InChI is InChI=1S/C20H18Cl2N2O4S/c1-3-4-7-28-19(26)11-5-6-15-16(8-11)29-20(23-15)24-18(25)13-9-12(21)10-14(22)17(13)27-2/h5-6,8-10H,3-4,7H2,1-2H3,(H,23,24,25). The Morgan fingerprint density at radius 2 is 2.00 bits per heavy atom. The minimum Gasteiger partial charge on any atom is -0.494 e. The Hall–Kier alpha value is -2.35. The normalized spacial score (nSPS) is 10.8. The van der Waals surface area contributed by atoms with E-state index in [2.05, 4.69) is 10.3 Å². The van der Waals surface area contributed by atoms with Crippen LogP contribution in [0, 0.1) is 0 Å². The van der Waals surface area contributed by atoms with Crippen molar-refractivity contribution in [3.8, 4) is 5.75 Å². The van der Waals surface area contributed by atoms with E-state index in [0.29, 0.717) is 27.8 Å². The number of rotatable bonds is 7. The first-order valence-corrected chi connectivity index (χ1v) is 10.4. The zero-order valence-electron chi connectivity index (χ0n) is 15.8. The first-order valence-electron chi connectivity index (χ1n) is 8.85. The molecule has 0 saturated heterocycles. The Bertz CT molecular complexity index is 1070. The fraction of sp³-hybridized carbons (Fsp3) is 0.250. The first kappa shape index (κ1) is 21.4. The number of benzene rings is 2. The lowest BCUT2D eigenvalue weighted by Crippen LogP contribution is -2.13. The van der Waals surface area contributed by atoms with E-state index in [1.807, 2.05) is 6.92 Å². The zero-order valence-corrected chi connectivity index (χ0v) is 18.1. The van der Waals surface area contributed by atoms with Crippen LogP contribution in [-0.2, 0) is 4.74 Å². The second-order valence-corrected chi connectivity index (χ2v) is 7.99. The molecule has 1 heterocycles. The van der Waals surface area contributed by atoms with E-state index in [0.717, 1.165) is 17.5 Å². The number of halogens is 2. The lowest BCUT2D eigenvalue weighted by molar-refractivity contribution is 0.0500. The number of nitrogens with zero attached hydrogens (tertiary/aromatic N) is 1. The Balaban J connectivity index is 1.81. The third-order valence-corrected chi connectivity index (χ3v) is 5.47. The Morgan fingerprint density at radius 1 is 1.21 bits per heavy atom. The number of thiazole rings is 1. The van der Waals surface area contributed by atoms with Crippen molar-refractivity contribution in [3.05, 3.63) is 51.5 Å². The SMILES string of the molecule is CCCCOC(=O)c1ccc2nc(NC(=O)c3cc(Cl)cc(Cl)c3OC)sc2c1. The van der Waals surface area contributed by atoms with Crippen molar-refractivity contribution in [3.63, 3.8) is 0 Å². The monoisotopic (exact) mass is 452 g/mol. The molecular weight excluding hydrogens is 435 g/mol. The molecule has 0 fully saturated rings. The number of hydrogen-bond acceptors (Lipinski definition) is 6. The molecule has 152 valence electrons. The number of carbonyl (C=O) groups is 2. The van der Waals surface area contributed by atoms with Crippen LogP contribution >= 0.6 is 34.5 Å². The van der Waals surface area contributed by atoms with E-state index in [-0.39, 0.29) is 22.3 Å². The summed E-state index contributed by atoms with van der Waals surface area (Å²) >= 11 is 13.3. The second kappa shape index (κ2) is 9.43. The summed E-state index contributed by atoms with van der Waals surface area (Å²) in [4.78, 5) is 29.2. The van der Waals surface area contributed by atoms with Gasteiger partial charge in [-0.3, -0.25) is 10.1 Å². The van der Waals surface area contributed by atoms with Gasteiger partial charge < -0.3 is 9.47 Å². The molecule has 6 nitrogen and oxygen atoms in total. The van der Waals surface area contributed by atoms with Gasteiger partial charge in [0, 0.05) is 5.02 Å². The number of anilines is 1. The number of aromatic nitrogens is 1. The fourth-order valence-corrected chi connectivity index (χ4v) is 4.07. The number of nitrogens with one attached hydrogen (secondary N) is 1. The first-order chi connectivity index (χ1) is 13.9. The molecule has 1 N–H and O–H groups in total. The molecule has 0 aliphatic heterocycles. The molecule has 9 heteroatoms. The number of ether oxygens (including phenoxy) is 2. The molecule has 0 bridgehead atoms. The van der Waals surface area contributed by atoms with Crippen molar-refractivity contribution in [1.29, 1.82) is 0 Å². The molecule has 3 rings (SSSR count). The summed E-state index contributed by atoms with van der Waals surface area (Å²) in [6.07, 6.45) is 1.77. The molecule has 0 unspecified atom stereocenters. The lowest BCUT2D eigenvalue weighted by atomic mass is 10.2. The van der Waals surface area contributed by atoms with Crippen LogP contribution in [0.5, 0.6) is 5.75 Å². The molecule has 3 aromatic rings. The van der Waals surface area contributed by atoms with E-state index >= 15 is 0 Å². The highest BCUT2D eigenvalue weighted by molar-refractivity contribution is 7.22. The number of methoxy groups -OCH3 is 1. The quantitative estimate of drug-likeness (QED) is 0.360. The van der Waals surface area contributed by atoms with Crippen LogP contribution in [0.1, 0.15) is 40.5 Å². The van der Waals surface area contributed by atoms with Gasteiger partial charge in [-0.2, -0.15) is 0 Å². The van der Waals surface area contributed by atoms with Gasteiger partial charge in [0.15, 0.2) is 5.13 Å². The van der Waals surface area contributed by atoms with Crippen molar-refractivity contribution >= 4 is 61.8 Å². The third-order valence-electron chi connectivity index (χ3n) is 4.03. The highest BCUT2D eigenvalue weighted by atomic mass is 35.5. The number of esters is 1. The predicted molar refractivity (Wildman–Crippen MR) is 116 cm³/mol. The number of unbranched alkanes of at least 4 members (excludes halogenated alkanes) is 1. The lowest BCUT2D eigenvalue weighted by Gasteiger charge is -2.10. The van der Waals surface area contributed by atoms with Gasteiger partial charge in [-0.25, -0.2) is 9.78 Å². The molecule has 0 saturated carbocycles. The fourth-order valence-electron chi connectivity index (χ4n) is 2.60. The molecule has 0 aliphatic rings. The van der Waals surface area contributed by atoms with Gasteiger partial charge in [-0.15, -0.1) is 0 Å². The van der Waals surface area contributed by atoms with Gasteiger partial charge >= 0.3 is 5.97 Å². The van der Waals surface area contributed by atoms with Gasteiger partial charge in [-0.05, 0) is 36.8 Å². The van der Waals surface area contributed by atoms with Crippen molar-refractivity contribution in [2.75, 3.05) is 19.0 Å². The van der Waals surface area contributed by atoms with Gasteiger partial charge in [0.25, 0.3) is 5.91 Å². The molecule has 0 radical (unpaired) electrons. The van der Waals surface area contributed by atoms with Crippen molar-refractivity contribution in [2.45, 2.75) is 19.8 Å². The van der Waals surface area contributed by atoms with E-state index in [1.54, 1.807) is 18.2 Å². The summed E-state index contributed by atoms with van der Waals surface area (Å²) in [7, 11) is 1.42. The maximum atomic E-state index is 12.7. The van der Waals surface area contributed by atoms with Crippen LogP contribution in [0.4, 0.5) is 5.13 Å². The van der Waals surface area contributed by atoms with E-state index in [4.69, 9.17) is 32.7 Å². The van der Waals surface area contributed by atoms with Crippen LogP contribution in [-0.4, -0.2) is 30.6 Å². The van der Waals surface area contributed by atoms with Crippen LogP contribution in [0.15, 0.2) is 30.3 Å². The highest BCUT2D eigenvalue weighted by Crippen LogP contribution is 2.33. The molecular formula is C20H18Cl2N2O4S. The maximum Gasteiger partial charge on any atom is 0.338 e. The average molecular weight is 453 g/mol. The van der Waals surface area contributed by atoms with E-state index in [1.165, 1.54) is 30.6 Å².